The van der Waals surface area contributed by atoms with Gasteiger partial charge in [0, 0.05) is 77.2 Å². The van der Waals surface area contributed by atoms with Crippen molar-refractivity contribution in [2.75, 3.05) is 24.7 Å². The Hall–Kier alpha value is -5.56. The van der Waals surface area contributed by atoms with Gasteiger partial charge < -0.3 is 21.3 Å². The molecule has 12 bridgehead atoms. The van der Waals surface area contributed by atoms with Crippen molar-refractivity contribution in [2.24, 2.45) is 81.8 Å². The van der Waals surface area contributed by atoms with Gasteiger partial charge in [0.05, 0.1) is 24.4 Å². The average molecular weight is 1460 g/mol. The topological polar surface area (TPSA) is 219 Å². The van der Waals surface area contributed by atoms with Crippen molar-refractivity contribution in [3.05, 3.63) is 81.2 Å². The molecule has 4 aromatic rings. The van der Waals surface area contributed by atoms with Crippen LogP contribution in [-0.4, -0.2) is 106 Å². The third-order valence-electron chi connectivity index (χ3n) is 30.5. The summed E-state index contributed by atoms with van der Waals surface area (Å²) in [6.45, 7) is 7.96. The van der Waals surface area contributed by atoms with Gasteiger partial charge in [0.1, 0.15) is 0 Å². The molecule has 5 N–H and O–H groups in total. The number of sulfonamides is 1. The molecule has 18 nitrogen and oxygen atoms in total. The summed E-state index contributed by atoms with van der Waals surface area (Å²) in [4.78, 5) is 56.1. The van der Waals surface area contributed by atoms with E-state index < -0.39 is 10.0 Å². The van der Waals surface area contributed by atoms with Gasteiger partial charge in [0.2, 0.25) is 10.0 Å². The maximum absolute atomic E-state index is 13.9. The predicted molar refractivity (Wildman–Crippen MR) is 411 cm³/mol. The number of fused-ring (bicyclic) bond motifs is 3. The zero-order chi connectivity index (χ0) is 72.0. The van der Waals surface area contributed by atoms with Crippen LogP contribution in [0, 0.1) is 81.8 Å². The Kier molecular flexibility index (Phi) is 20.4. The standard InChI is InChI=1S/C32H43N5O2.C29H45N3O.C25H38N4O3S/c1-36(25-8-4-2-5-9-25)32(39)33-24-12-13-28-27(19-24)30(35-37(28)26-10-6-3-7-11-26)31(38)34-29-22-15-20-14-21(17-22)18-23(29)16-20;1-28(2,3)22-9-10-25-24(14-22)26(31-32(25)23-7-5-4-6-8-23)27(33)30-18-29-15-19-11-20(16-29)13-21(12-19)17-29;1-33(31,32)28-19-7-8-22-21(14-19)24(27-29(22)20-5-3-2-4-6-20)25(30)26-23-17-10-15-9-16(12-17)13-18(23)11-15/h2,4-5,8-9,20-24,26,29H,3,6-7,10-19H2,1H3,(H,33,39)(H,34,38);19-23H,4-18H2,1-3H3,(H,30,33);15-20,23,28H,2-14H2,1H3,(H,26,30). The van der Waals surface area contributed by atoms with Gasteiger partial charge in [-0.25, -0.2) is 17.9 Å². The molecule has 15 fully saturated rings. The summed E-state index contributed by atoms with van der Waals surface area (Å²) < 4.78 is 33.3. The zero-order valence-electron chi connectivity index (χ0n) is 64.3. The molecule has 22 rings (SSSR count). The van der Waals surface area contributed by atoms with Gasteiger partial charge in [-0.2, -0.15) is 15.3 Å². The summed E-state index contributed by atoms with van der Waals surface area (Å²) in [5.74, 6) is 9.58. The lowest BCUT2D eigenvalue weighted by Crippen LogP contribution is -2.56. The molecular weight excluding hydrogens is 1330 g/mol. The summed E-state index contributed by atoms with van der Waals surface area (Å²) >= 11 is 0. The van der Waals surface area contributed by atoms with Crippen molar-refractivity contribution in [2.45, 2.75) is 320 Å². The summed E-state index contributed by atoms with van der Waals surface area (Å²) in [5.41, 5.74) is 10.6. The lowest BCUT2D eigenvalue weighted by Gasteiger charge is -2.56. The van der Waals surface area contributed by atoms with Gasteiger partial charge in [-0.3, -0.25) is 33.3 Å². The highest BCUT2D eigenvalue weighted by atomic mass is 32.2. The van der Waals surface area contributed by atoms with Crippen LogP contribution in [0.15, 0.2) is 30.3 Å². The highest BCUT2D eigenvalue weighted by Crippen LogP contribution is 2.60. The van der Waals surface area contributed by atoms with Gasteiger partial charge in [0.25, 0.3) is 17.7 Å². The Labute approximate surface area is 626 Å². The van der Waals surface area contributed by atoms with Crippen LogP contribution in [0.3, 0.4) is 0 Å². The van der Waals surface area contributed by atoms with Gasteiger partial charge in [-0.15, -0.1) is 0 Å². The third-order valence-corrected chi connectivity index (χ3v) is 31.3. The number of urea groups is 1. The van der Waals surface area contributed by atoms with E-state index in [1.54, 1.807) is 4.90 Å². The molecular formula is C86H126N12O6S. The molecule has 15 saturated carbocycles. The second kappa shape index (κ2) is 29.7. The van der Waals surface area contributed by atoms with E-state index in [2.05, 4.69) is 60.8 Å². The number of carbonyl (C=O) groups is 4. The number of rotatable bonds is 14. The summed E-state index contributed by atoms with van der Waals surface area (Å²) in [6.07, 6.45) is 48.9. The van der Waals surface area contributed by atoms with E-state index in [1.807, 2.05) is 37.4 Å². The van der Waals surface area contributed by atoms with Crippen LogP contribution in [0.1, 0.15) is 322 Å². The number of hydrogen-bond acceptors (Lipinski definition) is 9. The molecule has 0 aliphatic heterocycles. The van der Waals surface area contributed by atoms with Gasteiger partial charge in [-0.1, -0.05) is 96.8 Å². The molecule has 3 unspecified atom stereocenters. The lowest BCUT2D eigenvalue weighted by molar-refractivity contribution is -0.0503. The highest BCUT2D eigenvalue weighted by Gasteiger charge is 2.53. The second-order valence-electron chi connectivity index (χ2n) is 38.9. The van der Waals surface area contributed by atoms with Crippen LogP contribution in [0.2, 0.25) is 0 Å². The maximum Gasteiger partial charge on any atom is 0.321 e. The molecule has 0 radical (unpaired) electrons. The van der Waals surface area contributed by atoms with E-state index in [-0.39, 0.29) is 47.3 Å². The largest absolute Gasteiger partial charge is 0.350 e. The SMILES string of the molecule is CC(C)(C)C1CCc2c(c(C(=O)NCC34CC5CC(CC(C5)C3)C4)nn2C2CCCCC2)C1.CN(C(=O)NC1CCc2c(c(C(=O)NC3C4CC5CC(C4)CC3C5)nn2C2CCCCC2)C1)c1ccccc1.CS(=O)(=O)NC1CCc2c(c(C(=O)NC3C4CC5CC(C4)CC3C5)nn2C2CCCCC2)C1. The van der Waals surface area contributed by atoms with E-state index in [1.165, 1.54) is 209 Å². The maximum atomic E-state index is 13.9. The Morgan fingerprint density at radius 3 is 1.28 bits per heavy atom. The molecule has 1 aromatic carbocycles. The first-order valence-electron chi connectivity index (χ1n) is 42.9. The molecule has 0 spiro atoms. The van der Waals surface area contributed by atoms with Crippen LogP contribution in [0.5, 0.6) is 0 Å². The van der Waals surface area contributed by atoms with Crippen LogP contribution in [0.25, 0.3) is 0 Å². The number of carbonyl (C=O) groups excluding carboxylic acids is 4. The minimum atomic E-state index is -3.29. The molecule has 572 valence electrons. The van der Waals surface area contributed by atoms with E-state index in [0.29, 0.717) is 83.4 Å². The Balaban J connectivity index is 0.000000117. The molecule has 105 heavy (non-hydrogen) atoms. The average Bonchev–Trinajstić information content (AvgIpc) is 1.62. The molecule has 3 aromatic heterocycles. The number of nitrogens with zero attached hydrogens (tertiary/aromatic N) is 7. The first kappa shape index (κ1) is 72.3. The Bertz CT molecular complexity index is 3850. The fraction of sp³-hybridized carbons (Fsp3) is 0.779. The molecule has 3 atom stereocenters. The first-order chi connectivity index (χ1) is 50.7. The summed E-state index contributed by atoms with van der Waals surface area (Å²) in [6, 6.07) is 11.3. The van der Waals surface area contributed by atoms with Crippen molar-refractivity contribution < 1.29 is 27.6 Å². The molecule has 19 heteroatoms. The van der Waals surface area contributed by atoms with Crippen LogP contribution < -0.4 is 30.9 Å². The highest BCUT2D eigenvalue weighted by molar-refractivity contribution is 7.88. The quantitative estimate of drug-likeness (QED) is 0.0810. The van der Waals surface area contributed by atoms with E-state index >= 15 is 0 Å². The fourth-order valence-corrected chi connectivity index (χ4v) is 27.1. The molecule has 18 aliphatic carbocycles. The lowest BCUT2D eigenvalue weighted by atomic mass is 9.49. The molecule has 3 heterocycles. The van der Waals surface area contributed by atoms with E-state index in [4.69, 9.17) is 15.3 Å². The summed E-state index contributed by atoms with van der Waals surface area (Å²) in [5, 5.41) is 28.8. The number of benzene rings is 1. The van der Waals surface area contributed by atoms with Crippen molar-refractivity contribution in [1.29, 1.82) is 0 Å². The number of aromatic nitrogens is 6. The third kappa shape index (κ3) is 15.2. The molecule has 0 saturated heterocycles. The minimum absolute atomic E-state index is 0.00658. The second-order valence-corrected chi connectivity index (χ2v) is 40.7. The van der Waals surface area contributed by atoms with E-state index in [0.717, 1.165) is 135 Å². The minimum Gasteiger partial charge on any atom is -0.350 e. The number of hydrogen-bond donors (Lipinski definition) is 5. The van der Waals surface area contributed by atoms with Crippen LogP contribution in [0.4, 0.5) is 10.5 Å². The first-order valence-corrected chi connectivity index (χ1v) is 44.8. The number of amides is 5. The molecule has 18 aliphatic rings. The number of anilines is 1. The van der Waals surface area contributed by atoms with Crippen molar-refractivity contribution in [1.82, 2.24) is 55.3 Å². The summed E-state index contributed by atoms with van der Waals surface area (Å²) in [7, 11) is -1.48. The predicted octanol–water partition coefficient (Wildman–Crippen LogP) is 15.5. The van der Waals surface area contributed by atoms with Gasteiger partial charge >= 0.3 is 6.03 Å². The number of para-hydroxylation sites is 1. The van der Waals surface area contributed by atoms with Gasteiger partial charge in [-0.05, 0) is 293 Å². The Morgan fingerprint density at radius 1 is 0.476 bits per heavy atom. The van der Waals surface area contributed by atoms with Crippen molar-refractivity contribution in [3.8, 4) is 0 Å². The monoisotopic (exact) mass is 1450 g/mol. The van der Waals surface area contributed by atoms with Gasteiger partial charge in [0.15, 0.2) is 17.1 Å². The smallest absolute Gasteiger partial charge is 0.321 e. The molecule has 5 amide bonds. The van der Waals surface area contributed by atoms with Crippen LogP contribution >= 0.6 is 0 Å². The van der Waals surface area contributed by atoms with Crippen LogP contribution in [-0.2, 0) is 48.5 Å². The van der Waals surface area contributed by atoms with E-state index in [9.17, 15) is 27.6 Å². The van der Waals surface area contributed by atoms with Crippen molar-refractivity contribution >= 4 is 39.5 Å². The normalized spacial score (nSPS) is 34.4. The fourth-order valence-electron chi connectivity index (χ4n) is 26.3. The Morgan fingerprint density at radius 2 is 0.857 bits per heavy atom. The van der Waals surface area contributed by atoms with Crippen molar-refractivity contribution in [3.63, 3.8) is 0 Å². The number of nitrogens with one attached hydrogen (secondary N) is 5. The zero-order valence-corrected chi connectivity index (χ0v) is 65.2.